The molecule has 0 aliphatic heterocycles. The average Bonchev–Trinajstić information content (AvgIpc) is 2.84. The second-order valence-electron chi connectivity index (χ2n) is 6.98. The minimum Gasteiger partial charge on any atom is -0.493 e. The van der Waals surface area contributed by atoms with Gasteiger partial charge in [0.1, 0.15) is 12.4 Å². The molecule has 3 rings (SSSR count). The highest BCUT2D eigenvalue weighted by molar-refractivity contribution is 7.99. The van der Waals surface area contributed by atoms with Gasteiger partial charge in [-0.25, -0.2) is 12.8 Å². The Hall–Kier alpha value is -3.24. The number of thioether (sulfide) groups is 1. The minimum absolute atomic E-state index is 0.107. The topological polar surface area (TPSA) is 84.9 Å². The van der Waals surface area contributed by atoms with Crippen molar-refractivity contribution in [2.75, 3.05) is 36.1 Å². The summed E-state index contributed by atoms with van der Waals surface area (Å²) in [7, 11) is -1.39. The molecule has 0 radical (unpaired) electrons. The SMILES string of the molecule is CCSc1ccccc1NC(=O)CN(c1ccc(F)cc1)S(=O)(=O)c1ccc(OC)c(OC)c1. The molecule has 0 aliphatic carbocycles. The van der Waals surface area contributed by atoms with Crippen LogP contribution in [0.25, 0.3) is 0 Å². The molecule has 3 aromatic carbocycles. The molecule has 0 saturated heterocycles. The summed E-state index contributed by atoms with van der Waals surface area (Å²) in [6.07, 6.45) is 0. The normalized spacial score (nSPS) is 11.1. The number of para-hydroxylation sites is 1. The Balaban J connectivity index is 1.98. The molecule has 1 amide bonds. The molecule has 7 nitrogen and oxygen atoms in total. The quantitative estimate of drug-likeness (QED) is 0.400. The largest absolute Gasteiger partial charge is 0.493 e. The van der Waals surface area contributed by atoms with Gasteiger partial charge >= 0.3 is 0 Å². The maximum Gasteiger partial charge on any atom is 0.264 e. The van der Waals surface area contributed by atoms with Crippen LogP contribution in [-0.2, 0) is 14.8 Å². The van der Waals surface area contributed by atoms with Crippen LogP contribution >= 0.6 is 11.8 Å². The predicted molar refractivity (Wildman–Crippen MR) is 132 cm³/mol. The first-order valence-corrected chi connectivity index (χ1v) is 12.7. The van der Waals surface area contributed by atoms with Crippen LogP contribution in [0.1, 0.15) is 6.92 Å². The van der Waals surface area contributed by atoms with Crippen molar-refractivity contribution in [1.82, 2.24) is 0 Å². The first-order chi connectivity index (χ1) is 16.3. The van der Waals surface area contributed by atoms with Gasteiger partial charge in [-0.3, -0.25) is 9.10 Å². The number of carbonyl (C=O) groups excluding carboxylic acids is 1. The van der Waals surface area contributed by atoms with E-state index in [2.05, 4.69) is 5.32 Å². The van der Waals surface area contributed by atoms with Crippen molar-refractivity contribution < 1.29 is 27.1 Å². The number of carbonyl (C=O) groups is 1. The summed E-state index contributed by atoms with van der Waals surface area (Å²) in [4.78, 5) is 13.7. The monoisotopic (exact) mass is 504 g/mol. The van der Waals surface area contributed by atoms with Gasteiger partial charge in [-0.15, -0.1) is 11.8 Å². The molecule has 0 bridgehead atoms. The van der Waals surface area contributed by atoms with Gasteiger partial charge in [0.15, 0.2) is 11.5 Å². The number of sulfonamides is 1. The summed E-state index contributed by atoms with van der Waals surface area (Å²) < 4.78 is 52.1. The Kier molecular flexibility index (Phi) is 8.41. The van der Waals surface area contributed by atoms with E-state index in [4.69, 9.17) is 9.47 Å². The van der Waals surface area contributed by atoms with E-state index >= 15 is 0 Å². The standard InChI is InChI=1S/C24H25FN2O5S2/c1-4-33-23-8-6-5-7-20(23)26-24(28)16-27(18-11-9-17(25)10-12-18)34(29,30)19-13-14-21(31-2)22(15-19)32-3/h5-15H,4,16H2,1-3H3,(H,26,28). The van der Waals surface area contributed by atoms with Crippen molar-refractivity contribution in [3.8, 4) is 11.5 Å². The van der Waals surface area contributed by atoms with E-state index in [1.54, 1.807) is 23.9 Å². The third kappa shape index (κ3) is 5.81. The summed E-state index contributed by atoms with van der Waals surface area (Å²) in [6.45, 7) is 1.47. The highest BCUT2D eigenvalue weighted by atomic mass is 32.2. The fraction of sp³-hybridized carbons (Fsp3) is 0.208. The summed E-state index contributed by atoms with van der Waals surface area (Å²) in [5.41, 5.74) is 0.726. The van der Waals surface area contributed by atoms with E-state index in [-0.39, 0.29) is 16.3 Å². The molecule has 0 atom stereocenters. The Bertz CT molecular complexity index is 1250. The number of methoxy groups -OCH3 is 2. The molecule has 180 valence electrons. The zero-order valence-corrected chi connectivity index (χ0v) is 20.6. The number of amides is 1. The molecule has 0 unspecified atom stereocenters. The van der Waals surface area contributed by atoms with Crippen LogP contribution in [0, 0.1) is 5.82 Å². The Morgan fingerprint density at radius 1 is 1.00 bits per heavy atom. The van der Waals surface area contributed by atoms with Crippen LogP contribution in [0.5, 0.6) is 11.5 Å². The van der Waals surface area contributed by atoms with Crippen LogP contribution in [0.2, 0.25) is 0 Å². The summed E-state index contributed by atoms with van der Waals surface area (Å²) in [6, 6.07) is 16.3. The smallest absolute Gasteiger partial charge is 0.264 e. The number of halogens is 1. The second-order valence-corrected chi connectivity index (χ2v) is 10.2. The van der Waals surface area contributed by atoms with Gasteiger partial charge in [0, 0.05) is 11.0 Å². The van der Waals surface area contributed by atoms with Crippen molar-refractivity contribution in [2.24, 2.45) is 0 Å². The summed E-state index contributed by atoms with van der Waals surface area (Å²) in [5.74, 6) is 0.317. The molecular weight excluding hydrogens is 479 g/mol. The zero-order valence-electron chi connectivity index (χ0n) is 18.9. The van der Waals surface area contributed by atoms with Gasteiger partial charge in [0.05, 0.1) is 30.5 Å². The highest BCUT2D eigenvalue weighted by Crippen LogP contribution is 2.32. The lowest BCUT2D eigenvalue weighted by Gasteiger charge is -2.24. The first kappa shape index (κ1) is 25.4. The molecule has 3 aromatic rings. The van der Waals surface area contributed by atoms with Crippen LogP contribution in [0.15, 0.2) is 76.5 Å². The van der Waals surface area contributed by atoms with Gasteiger partial charge in [0.25, 0.3) is 10.0 Å². The van der Waals surface area contributed by atoms with E-state index in [0.29, 0.717) is 11.4 Å². The molecule has 0 spiro atoms. The van der Waals surface area contributed by atoms with Crippen LogP contribution < -0.4 is 19.1 Å². The molecule has 0 fully saturated rings. The predicted octanol–water partition coefficient (Wildman–Crippen LogP) is 4.79. The van der Waals surface area contributed by atoms with Crippen molar-refractivity contribution in [3.05, 3.63) is 72.5 Å². The lowest BCUT2D eigenvalue weighted by molar-refractivity contribution is -0.114. The van der Waals surface area contributed by atoms with Crippen molar-refractivity contribution in [1.29, 1.82) is 0 Å². The Labute approximate surface area is 202 Å². The number of anilines is 2. The molecule has 1 N–H and O–H groups in total. The first-order valence-electron chi connectivity index (χ1n) is 10.3. The van der Waals surface area contributed by atoms with Crippen LogP contribution in [-0.4, -0.2) is 40.8 Å². The number of ether oxygens (including phenoxy) is 2. The number of hydrogen-bond donors (Lipinski definition) is 1. The van der Waals surface area contributed by atoms with Gasteiger partial charge in [-0.05, 0) is 54.3 Å². The van der Waals surface area contributed by atoms with Gasteiger partial charge in [-0.1, -0.05) is 19.1 Å². The molecule has 0 aliphatic rings. The van der Waals surface area contributed by atoms with Gasteiger partial charge in [0.2, 0.25) is 5.91 Å². The van der Waals surface area contributed by atoms with Gasteiger partial charge in [-0.2, -0.15) is 0 Å². The Morgan fingerprint density at radius 2 is 1.68 bits per heavy atom. The van der Waals surface area contributed by atoms with E-state index in [1.807, 2.05) is 19.1 Å². The van der Waals surface area contributed by atoms with E-state index in [0.717, 1.165) is 27.1 Å². The third-order valence-electron chi connectivity index (χ3n) is 4.81. The second kappa shape index (κ2) is 11.3. The molecule has 0 heterocycles. The molecule has 0 aromatic heterocycles. The minimum atomic E-state index is -4.22. The van der Waals surface area contributed by atoms with Crippen molar-refractivity contribution in [3.63, 3.8) is 0 Å². The maximum absolute atomic E-state index is 13.6. The number of nitrogens with one attached hydrogen (secondary N) is 1. The summed E-state index contributed by atoms with van der Waals surface area (Å²) in [5, 5.41) is 2.79. The fourth-order valence-electron chi connectivity index (χ4n) is 3.20. The van der Waals surface area contributed by atoms with E-state index in [9.17, 15) is 17.6 Å². The highest BCUT2D eigenvalue weighted by Gasteiger charge is 2.28. The van der Waals surface area contributed by atoms with Crippen LogP contribution in [0.3, 0.4) is 0 Å². The zero-order chi connectivity index (χ0) is 24.7. The maximum atomic E-state index is 13.6. The van der Waals surface area contributed by atoms with Crippen molar-refractivity contribution >= 4 is 39.1 Å². The molecular formula is C24H25FN2O5S2. The summed E-state index contributed by atoms with van der Waals surface area (Å²) >= 11 is 1.56. The molecule has 0 saturated carbocycles. The number of nitrogens with zero attached hydrogens (tertiary/aromatic N) is 1. The fourth-order valence-corrected chi connectivity index (χ4v) is 5.40. The molecule has 10 heteroatoms. The third-order valence-corrected chi connectivity index (χ3v) is 7.53. The lowest BCUT2D eigenvalue weighted by Crippen LogP contribution is -2.38. The van der Waals surface area contributed by atoms with E-state index < -0.39 is 28.3 Å². The number of benzene rings is 3. The average molecular weight is 505 g/mol. The Morgan fingerprint density at radius 3 is 2.32 bits per heavy atom. The lowest BCUT2D eigenvalue weighted by atomic mass is 10.3. The number of hydrogen-bond acceptors (Lipinski definition) is 6. The van der Waals surface area contributed by atoms with Gasteiger partial charge < -0.3 is 14.8 Å². The van der Waals surface area contributed by atoms with E-state index in [1.165, 1.54) is 44.6 Å². The molecule has 34 heavy (non-hydrogen) atoms. The van der Waals surface area contributed by atoms with Crippen LogP contribution in [0.4, 0.5) is 15.8 Å². The number of rotatable bonds is 10. The van der Waals surface area contributed by atoms with Crippen molar-refractivity contribution in [2.45, 2.75) is 16.7 Å².